The minimum Gasteiger partial charge on any atom is -0.350 e. The van der Waals surface area contributed by atoms with Gasteiger partial charge in [0.2, 0.25) is 5.91 Å². The van der Waals surface area contributed by atoms with E-state index in [1.807, 2.05) is 51.1 Å². The van der Waals surface area contributed by atoms with Gasteiger partial charge in [-0.15, -0.1) is 0 Å². The van der Waals surface area contributed by atoms with Gasteiger partial charge in [-0.05, 0) is 43.5 Å². The van der Waals surface area contributed by atoms with Gasteiger partial charge in [-0.1, -0.05) is 42.0 Å². The quantitative estimate of drug-likeness (QED) is 0.892. The SMILES string of the molecule is Cc1ccc(CNC(=O)CNC(=O)c2ccccc2C)c(C)c1. The Balaban J connectivity index is 1.83. The van der Waals surface area contributed by atoms with Crippen LogP contribution in [0.15, 0.2) is 42.5 Å². The highest BCUT2D eigenvalue weighted by Gasteiger charge is 2.10. The Hall–Kier alpha value is -2.62. The monoisotopic (exact) mass is 310 g/mol. The summed E-state index contributed by atoms with van der Waals surface area (Å²) in [6.45, 7) is 6.36. The topological polar surface area (TPSA) is 58.2 Å². The predicted molar refractivity (Wildman–Crippen MR) is 91.3 cm³/mol. The molecule has 0 heterocycles. The fourth-order valence-electron chi connectivity index (χ4n) is 2.38. The Labute approximate surface area is 136 Å². The van der Waals surface area contributed by atoms with Crippen LogP contribution in [-0.2, 0) is 11.3 Å². The van der Waals surface area contributed by atoms with Gasteiger partial charge >= 0.3 is 0 Å². The number of aryl methyl sites for hydroxylation is 3. The Kier molecular flexibility index (Phi) is 5.52. The molecule has 0 saturated carbocycles. The van der Waals surface area contributed by atoms with Gasteiger partial charge in [-0.2, -0.15) is 0 Å². The highest BCUT2D eigenvalue weighted by Crippen LogP contribution is 2.10. The molecule has 0 bridgehead atoms. The molecule has 2 aromatic rings. The lowest BCUT2D eigenvalue weighted by Gasteiger charge is -2.10. The van der Waals surface area contributed by atoms with Crippen molar-refractivity contribution in [1.82, 2.24) is 10.6 Å². The summed E-state index contributed by atoms with van der Waals surface area (Å²) >= 11 is 0. The zero-order valence-corrected chi connectivity index (χ0v) is 13.8. The zero-order chi connectivity index (χ0) is 16.8. The van der Waals surface area contributed by atoms with E-state index in [0.29, 0.717) is 12.1 Å². The first-order valence-electron chi connectivity index (χ1n) is 7.64. The molecule has 2 amide bonds. The summed E-state index contributed by atoms with van der Waals surface area (Å²) < 4.78 is 0. The molecule has 2 N–H and O–H groups in total. The summed E-state index contributed by atoms with van der Waals surface area (Å²) in [5.41, 5.74) is 4.90. The van der Waals surface area contributed by atoms with E-state index in [1.165, 1.54) is 5.56 Å². The lowest BCUT2D eigenvalue weighted by molar-refractivity contribution is -0.120. The van der Waals surface area contributed by atoms with Crippen LogP contribution in [0, 0.1) is 20.8 Å². The van der Waals surface area contributed by atoms with Crippen molar-refractivity contribution in [2.24, 2.45) is 0 Å². The van der Waals surface area contributed by atoms with Gasteiger partial charge in [-0.25, -0.2) is 0 Å². The first-order chi connectivity index (χ1) is 11.0. The molecule has 0 unspecified atom stereocenters. The molecule has 0 fully saturated rings. The third kappa shape index (κ3) is 4.68. The van der Waals surface area contributed by atoms with Gasteiger partial charge < -0.3 is 10.6 Å². The van der Waals surface area contributed by atoms with E-state index < -0.39 is 0 Å². The van der Waals surface area contributed by atoms with Crippen molar-refractivity contribution in [3.63, 3.8) is 0 Å². The summed E-state index contributed by atoms with van der Waals surface area (Å²) in [4.78, 5) is 23.9. The summed E-state index contributed by atoms with van der Waals surface area (Å²) in [5, 5.41) is 5.48. The molecule has 0 aromatic heterocycles. The van der Waals surface area contributed by atoms with Gasteiger partial charge in [0, 0.05) is 12.1 Å². The van der Waals surface area contributed by atoms with Crippen LogP contribution in [-0.4, -0.2) is 18.4 Å². The molecule has 23 heavy (non-hydrogen) atoms. The van der Waals surface area contributed by atoms with Crippen LogP contribution in [0.4, 0.5) is 0 Å². The number of carbonyl (C=O) groups excluding carboxylic acids is 2. The molecule has 2 rings (SSSR count). The van der Waals surface area contributed by atoms with E-state index in [2.05, 4.69) is 16.7 Å². The molecule has 120 valence electrons. The second kappa shape index (κ2) is 7.58. The minimum absolute atomic E-state index is 0.0297. The number of amides is 2. The zero-order valence-electron chi connectivity index (χ0n) is 13.8. The number of hydrogen-bond acceptors (Lipinski definition) is 2. The molecule has 4 nitrogen and oxygen atoms in total. The summed E-state index contributed by atoms with van der Waals surface area (Å²) in [6, 6.07) is 13.4. The standard InChI is InChI=1S/C19H22N2O2/c1-13-8-9-16(15(3)10-13)11-20-18(22)12-21-19(23)17-7-5-4-6-14(17)2/h4-10H,11-12H2,1-3H3,(H,20,22)(H,21,23). The van der Waals surface area contributed by atoms with Crippen LogP contribution in [0.1, 0.15) is 32.6 Å². The molecule has 0 aliphatic carbocycles. The number of nitrogens with one attached hydrogen (secondary N) is 2. The molecule has 2 aromatic carbocycles. The molecule has 4 heteroatoms. The maximum absolute atomic E-state index is 12.0. The molecule has 0 saturated heterocycles. The number of hydrogen-bond donors (Lipinski definition) is 2. The maximum atomic E-state index is 12.0. The van der Waals surface area contributed by atoms with Crippen molar-refractivity contribution < 1.29 is 9.59 Å². The third-order valence-electron chi connectivity index (χ3n) is 3.77. The normalized spacial score (nSPS) is 10.2. The van der Waals surface area contributed by atoms with Crippen molar-refractivity contribution in [1.29, 1.82) is 0 Å². The van der Waals surface area contributed by atoms with E-state index in [1.54, 1.807) is 6.07 Å². The minimum atomic E-state index is -0.232. The predicted octanol–water partition coefficient (Wildman–Crippen LogP) is 2.66. The second-order valence-corrected chi connectivity index (χ2v) is 5.70. The van der Waals surface area contributed by atoms with Crippen LogP contribution < -0.4 is 10.6 Å². The smallest absolute Gasteiger partial charge is 0.251 e. The Bertz CT molecular complexity index is 723. The molecule has 0 aliphatic rings. The number of benzene rings is 2. The van der Waals surface area contributed by atoms with Crippen molar-refractivity contribution in [2.45, 2.75) is 27.3 Å². The van der Waals surface area contributed by atoms with Crippen molar-refractivity contribution in [2.75, 3.05) is 6.54 Å². The lowest BCUT2D eigenvalue weighted by Crippen LogP contribution is -2.36. The van der Waals surface area contributed by atoms with Crippen LogP contribution in [0.25, 0.3) is 0 Å². The van der Waals surface area contributed by atoms with Crippen LogP contribution >= 0.6 is 0 Å². The Morgan fingerprint density at radius 3 is 2.35 bits per heavy atom. The van der Waals surface area contributed by atoms with Crippen LogP contribution in [0.2, 0.25) is 0 Å². The van der Waals surface area contributed by atoms with E-state index in [-0.39, 0.29) is 18.4 Å². The van der Waals surface area contributed by atoms with Crippen LogP contribution in [0.3, 0.4) is 0 Å². The lowest BCUT2D eigenvalue weighted by atomic mass is 10.1. The average molecular weight is 310 g/mol. The summed E-state index contributed by atoms with van der Waals surface area (Å²) in [7, 11) is 0. The second-order valence-electron chi connectivity index (χ2n) is 5.70. The first-order valence-corrected chi connectivity index (χ1v) is 7.64. The molecule has 0 aliphatic heterocycles. The number of rotatable bonds is 5. The van der Waals surface area contributed by atoms with Gasteiger partial charge in [0.05, 0.1) is 6.54 Å². The van der Waals surface area contributed by atoms with Crippen molar-refractivity contribution >= 4 is 11.8 Å². The van der Waals surface area contributed by atoms with Crippen molar-refractivity contribution in [3.8, 4) is 0 Å². The summed E-state index contributed by atoms with van der Waals surface area (Å²) in [5.74, 6) is -0.434. The molecular formula is C19H22N2O2. The molecule has 0 spiro atoms. The highest BCUT2D eigenvalue weighted by atomic mass is 16.2. The number of carbonyl (C=O) groups is 2. The molecular weight excluding hydrogens is 288 g/mol. The molecule has 0 atom stereocenters. The average Bonchev–Trinajstić information content (AvgIpc) is 2.52. The molecule has 0 radical (unpaired) electrons. The first kappa shape index (κ1) is 16.7. The van der Waals surface area contributed by atoms with Crippen molar-refractivity contribution in [3.05, 3.63) is 70.3 Å². The van der Waals surface area contributed by atoms with E-state index in [9.17, 15) is 9.59 Å². The highest BCUT2D eigenvalue weighted by molar-refractivity contribution is 5.97. The fourth-order valence-corrected chi connectivity index (χ4v) is 2.38. The van der Waals surface area contributed by atoms with Crippen LogP contribution in [0.5, 0.6) is 0 Å². The van der Waals surface area contributed by atoms with Gasteiger partial charge in [0.25, 0.3) is 5.91 Å². The van der Waals surface area contributed by atoms with E-state index >= 15 is 0 Å². The third-order valence-corrected chi connectivity index (χ3v) is 3.77. The van der Waals surface area contributed by atoms with E-state index in [0.717, 1.165) is 16.7 Å². The largest absolute Gasteiger partial charge is 0.350 e. The van der Waals surface area contributed by atoms with E-state index in [4.69, 9.17) is 0 Å². The fraction of sp³-hybridized carbons (Fsp3) is 0.263. The van der Waals surface area contributed by atoms with Gasteiger partial charge in [0.15, 0.2) is 0 Å². The van der Waals surface area contributed by atoms with Gasteiger partial charge in [-0.3, -0.25) is 9.59 Å². The Morgan fingerprint density at radius 1 is 0.913 bits per heavy atom. The van der Waals surface area contributed by atoms with Gasteiger partial charge in [0.1, 0.15) is 0 Å². The summed E-state index contributed by atoms with van der Waals surface area (Å²) in [6.07, 6.45) is 0. The Morgan fingerprint density at radius 2 is 1.65 bits per heavy atom. The maximum Gasteiger partial charge on any atom is 0.251 e.